The van der Waals surface area contributed by atoms with Crippen LogP contribution >= 0.6 is 11.8 Å². The van der Waals surface area contributed by atoms with E-state index in [1.807, 2.05) is 35.9 Å². The summed E-state index contributed by atoms with van der Waals surface area (Å²) in [6, 6.07) is 7.06. The van der Waals surface area contributed by atoms with Gasteiger partial charge in [0.1, 0.15) is 5.75 Å². The number of rotatable bonds is 9. The first-order chi connectivity index (χ1) is 15.2. The summed E-state index contributed by atoms with van der Waals surface area (Å²) in [4.78, 5) is 26.4. The van der Waals surface area contributed by atoms with Gasteiger partial charge in [0.2, 0.25) is 11.8 Å². The molecule has 2 aromatic rings. The van der Waals surface area contributed by atoms with Crippen molar-refractivity contribution in [2.45, 2.75) is 24.5 Å². The fourth-order valence-corrected chi connectivity index (χ4v) is 5.87. The van der Waals surface area contributed by atoms with E-state index in [4.69, 9.17) is 4.74 Å². The Hall–Kier alpha value is -2.60. The van der Waals surface area contributed by atoms with Gasteiger partial charge < -0.3 is 19.5 Å². The van der Waals surface area contributed by atoms with E-state index in [0.29, 0.717) is 23.9 Å². The highest BCUT2D eigenvalue weighted by molar-refractivity contribution is 7.99. The quantitative estimate of drug-likeness (QED) is 0.520. The molecule has 174 valence electrons. The van der Waals surface area contributed by atoms with Gasteiger partial charge in [0.25, 0.3) is 0 Å². The van der Waals surface area contributed by atoms with Crippen LogP contribution in [0, 0.1) is 0 Å². The molecule has 0 aliphatic carbocycles. The first-order valence-corrected chi connectivity index (χ1v) is 13.0. The van der Waals surface area contributed by atoms with E-state index in [2.05, 4.69) is 15.5 Å². The molecule has 1 N–H and O–H groups in total. The van der Waals surface area contributed by atoms with Crippen molar-refractivity contribution in [3.63, 3.8) is 0 Å². The molecule has 1 aromatic carbocycles. The molecule has 1 saturated heterocycles. The number of nitrogens with one attached hydrogen (secondary N) is 1. The Morgan fingerprint density at radius 1 is 1.28 bits per heavy atom. The van der Waals surface area contributed by atoms with Crippen molar-refractivity contribution in [1.82, 2.24) is 25.0 Å². The van der Waals surface area contributed by atoms with Crippen LogP contribution in [0.5, 0.6) is 5.75 Å². The highest BCUT2D eigenvalue weighted by atomic mass is 32.2. The Labute approximate surface area is 191 Å². The zero-order valence-corrected chi connectivity index (χ0v) is 19.9. The van der Waals surface area contributed by atoms with Crippen molar-refractivity contribution in [3.8, 4) is 17.1 Å². The van der Waals surface area contributed by atoms with Crippen LogP contribution in [0.1, 0.15) is 13.3 Å². The number of aromatic nitrogens is 3. The standard InChI is InChI=1S/C20H27N5O5S2/c1-4-25(11-17(26)21-15-9-10-32(28,29)13-15)18(27)12-31-20-23-22-19(24(20)2)14-5-7-16(30-3)8-6-14/h5-8,15H,4,9-13H2,1-3H3,(H,21,26)/t15-/m0/s1. The third-order valence-electron chi connectivity index (χ3n) is 5.17. The molecular formula is C20H27N5O5S2. The molecule has 1 fully saturated rings. The maximum absolute atomic E-state index is 12.6. The number of sulfone groups is 1. The zero-order valence-electron chi connectivity index (χ0n) is 18.3. The molecule has 2 heterocycles. The molecule has 1 atom stereocenters. The van der Waals surface area contributed by atoms with E-state index in [9.17, 15) is 18.0 Å². The van der Waals surface area contributed by atoms with Crippen LogP contribution in [0.15, 0.2) is 29.4 Å². The van der Waals surface area contributed by atoms with Crippen LogP contribution in [0.4, 0.5) is 0 Å². The second kappa shape index (κ2) is 10.3. The van der Waals surface area contributed by atoms with E-state index in [0.717, 1.165) is 11.3 Å². The summed E-state index contributed by atoms with van der Waals surface area (Å²) in [7, 11) is 0.353. The van der Waals surface area contributed by atoms with Gasteiger partial charge in [0, 0.05) is 25.2 Å². The fourth-order valence-electron chi connectivity index (χ4n) is 3.38. The summed E-state index contributed by atoms with van der Waals surface area (Å²) in [6.07, 6.45) is 0.409. The van der Waals surface area contributed by atoms with Crippen molar-refractivity contribution >= 4 is 33.4 Å². The molecular weight excluding hydrogens is 454 g/mol. The minimum absolute atomic E-state index is 0.0443. The second-order valence-electron chi connectivity index (χ2n) is 7.46. The zero-order chi connectivity index (χ0) is 23.3. The maximum Gasteiger partial charge on any atom is 0.239 e. The molecule has 0 unspecified atom stereocenters. The third kappa shape index (κ3) is 6.00. The molecule has 2 amide bonds. The lowest BCUT2D eigenvalue weighted by Crippen LogP contribution is -2.45. The smallest absolute Gasteiger partial charge is 0.239 e. The van der Waals surface area contributed by atoms with E-state index in [1.54, 1.807) is 14.0 Å². The molecule has 1 aliphatic rings. The number of nitrogens with zero attached hydrogens (tertiary/aromatic N) is 4. The van der Waals surface area contributed by atoms with Crippen molar-refractivity contribution in [3.05, 3.63) is 24.3 Å². The number of carbonyl (C=O) groups excluding carboxylic acids is 2. The molecule has 10 nitrogen and oxygen atoms in total. The molecule has 1 aromatic heterocycles. The summed E-state index contributed by atoms with van der Waals surface area (Å²) in [6.45, 7) is 2.05. The summed E-state index contributed by atoms with van der Waals surface area (Å²) >= 11 is 1.24. The molecule has 0 radical (unpaired) electrons. The number of hydrogen-bond donors (Lipinski definition) is 1. The molecule has 1 aliphatic heterocycles. The molecule has 0 bridgehead atoms. The fraction of sp³-hybridized carbons (Fsp3) is 0.500. The van der Waals surface area contributed by atoms with Crippen LogP contribution in [-0.2, 0) is 26.5 Å². The Kier molecular flexibility index (Phi) is 7.77. The molecule has 0 spiro atoms. The van der Waals surface area contributed by atoms with E-state index in [-0.39, 0.29) is 41.7 Å². The van der Waals surface area contributed by atoms with Crippen molar-refractivity contribution in [2.24, 2.45) is 7.05 Å². The summed E-state index contributed by atoms with van der Waals surface area (Å²) < 4.78 is 30.1. The highest BCUT2D eigenvalue weighted by Crippen LogP contribution is 2.24. The first kappa shape index (κ1) is 24.1. The average molecular weight is 482 g/mol. The maximum atomic E-state index is 12.6. The SMILES string of the molecule is CCN(CC(=O)N[C@H]1CCS(=O)(=O)C1)C(=O)CSc1nnc(-c2ccc(OC)cc2)n1C. The lowest BCUT2D eigenvalue weighted by molar-refractivity contribution is -0.134. The van der Waals surface area contributed by atoms with Gasteiger partial charge in [-0.05, 0) is 37.6 Å². The minimum atomic E-state index is -3.08. The van der Waals surface area contributed by atoms with Gasteiger partial charge >= 0.3 is 0 Å². The predicted octanol–water partition coefficient (Wildman–Crippen LogP) is 0.735. The Bertz CT molecular complexity index is 1070. The number of hydrogen-bond acceptors (Lipinski definition) is 8. The lowest BCUT2D eigenvalue weighted by Gasteiger charge is -2.21. The van der Waals surface area contributed by atoms with Crippen LogP contribution in [-0.4, -0.2) is 83.4 Å². The third-order valence-corrected chi connectivity index (χ3v) is 7.95. The Morgan fingerprint density at radius 3 is 2.59 bits per heavy atom. The molecule has 32 heavy (non-hydrogen) atoms. The van der Waals surface area contributed by atoms with Gasteiger partial charge in [-0.3, -0.25) is 9.59 Å². The molecule has 0 saturated carbocycles. The monoisotopic (exact) mass is 481 g/mol. The number of likely N-dealkylation sites (N-methyl/N-ethyl adjacent to an activating group) is 1. The summed E-state index contributed by atoms with van der Waals surface area (Å²) in [5.74, 6) is 0.996. The number of ether oxygens (including phenoxy) is 1. The van der Waals surface area contributed by atoms with Crippen molar-refractivity contribution in [2.75, 3.05) is 37.5 Å². The number of benzene rings is 1. The number of methoxy groups -OCH3 is 1. The second-order valence-corrected chi connectivity index (χ2v) is 10.6. The van der Waals surface area contributed by atoms with Gasteiger partial charge in [-0.1, -0.05) is 11.8 Å². The van der Waals surface area contributed by atoms with E-state index in [1.165, 1.54) is 16.7 Å². The van der Waals surface area contributed by atoms with Crippen molar-refractivity contribution in [1.29, 1.82) is 0 Å². The molecule has 12 heteroatoms. The minimum Gasteiger partial charge on any atom is -0.497 e. The average Bonchev–Trinajstić information content (AvgIpc) is 3.31. The highest BCUT2D eigenvalue weighted by Gasteiger charge is 2.29. The number of thioether (sulfide) groups is 1. The largest absolute Gasteiger partial charge is 0.497 e. The normalized spacial score (nSPS) is 17.2. The van der Waals surface area contributed by atoms with Crippen LogP contribution < -0.4 is 10.1 Å². The van der Waals surface area contributed by atoms with Crippen molar-refractivity contribution < 1.29 is 22.7 Å². The first-order valence-electron chi connectivity index (χ1n) is 10.2. The van der Waals surface area contributed by atoms with Gasteiger partial charge in [-0.2, -0.15) is 0 Å². The van der Waals surface area contributed by atoms with Gasteiger partial charge in [0.15, 0.2) is 20.8 Å². The Morgan fingerprint density at radius 2 is 2.00 bits per heavy atom. The Balaban J connectivity index is 1.54. The summed E-state index contributed by atoms with van der Waals surface area (Å²) in [5.41, 5.74) is 0.875. The molecule has 3 rings (SSSR count). The predicted molar refractivity (Wildman–Crippen MR) is 121 cm³/mol. The number of carbonyl (C=O) groups is 2. The van der Waals surface area contributed by atoms with Crippen LogP contribution in [0.2, 0.25) is 0 Å². The van der Waals surface area contributed by atoms with Gasteiger partial charge in [-0.25, -0.2) is 8.42 Å². The van der Waals surface area contributed by atoms with Gasteiger partial charge in [0.05, 0.1) is 30.9 Å². The van der Waals surface area contributed by atoms with E-state index >= 15 is 0 Å². The number of amides is 2. The summed E-state index contributed by atoms with van der Waals surface area (Å²) in [5, 5.41) is 11.7. The van der Waals surface area contributed by atoms with E-state index < -0.39 is 9.84 Å². The van der Waals surface area contributed by atoms with Gasteiger partial charge in [-0.15, -0.1) is 10.2 Å². The van der Waals surface area contributed by atoms with Crippen LogP contribution in [0.3, 0.4) is 0 Å². The van der Waals surface area contributed by atoms with Crippen LogP contribution in [0.25, 0.3) is 11.4 Å². The lowest BCUT2D eigenvalue weighted by atomic mass is 10.2. The topological polar surface area (TPSA) is 123 Å².